The molecule has 1 N–H and O–H groups in total. The third kappa shape index (κ3) is 3.37. The Morgan fingerprint density at radius 1 is 1.23 bits per heavy atom. The largest absolute Gasteiger partial charge is 0.457 e. The molecule has 1 unspecified atom stereocenters. The number of Topliss-reactive ketones (excluding diaryl/α,β-unsaturated/α-hetero) is 1. The molecule has 1 heterocycles. The first-order valence-corrected chi connectivity index (χ1v) is 13.0. The first kappa shape index (κ1) is 24.8. The molecule has 5 rings (SSSR count). The fourth-order valence-corrected chi connectivity index (χ4v) is 8.33. The van der Waals surface area contributed by atoms with E-state index in [-0.39, 0.29) is 47.3 Å². The molecule has 35 heavy (non-hydrogen) atoms. The van der Waals surface area contributed by atoms with Crippen molar-refractivity contribution < 1.29 is 33.7 Å². The van der Waals surface area contributed by atoms with Crippen molar-refractivity contribution in [3.05, 3.63) is 23.8 Å². The van der Waals surface area contributed by atoms with E-state index in [1.807, 2.05) is 19.9 Å². The Kier molecular flexibility index (Phi) is 5.56. The Balaban J connectivity index is 1.52. The quantitative estimate of drug-likeness (QED) is 0.607. The van der Waals surface area contributed by atoms with E-state index >= 15 is 0 Å². The van der Waals surface area contributed by atoms with Gasteiger partial charge in [-0.25, -0.2) is 0 Å². The first-order valence-electron chi connectivity index (χ1n) is 13.0. The van der Waals surface area contributed by atoms with Gasteiger partial charge in [0.15, 0.2) is 23.8 Å². The summed E-state index contributed by atoms with van der Waals surface area (Å²) in [5, 5.41) is 11.7. The molecule has 4 aliphatic carbocycles. The molecular weight excluding hydrogens is 448 g/mol. The molecule has 0 radical (unpaired) electrons. The molecule has 0 spiro atoms. The van der Waals surface area contributed by atoms with Gasteiger partial charge in [0.1, 0.15) is 0 Å². The summed E-state index contributed by atoms with van der Waals surface area (Å²) in [6, 6.07) is 0. The number of allylic oxidation sites excluding steroid dienone is 4. The molecule has 7 nitrogen and oxygen atoms in total. The Hall–Kier alpha value is -1.83. The molecule has 0 bridgehead atoms. The Labute approximate surface area is 207 Å². The van der Waals surface area contributed by atoms with Gasteiger partial charge in [0, 0.05) is 16.7 Å². The molecule has 1 saturated heterocycles. The van der Waals surface area contributed by atoms with Crippen molar-refractivity contribution in [3.8, 4) is 0 Å². The van der Waals surface area contributed by atoms with Gasteiger partial charge in [-0.15, -0.1) is 0 Å². The predicted octanol–water partition coefficient (Wildman–Crippen LogP) is 3.53. The minimum absolute atomic E-state index is 0.00554. The summed E-state index contributed by atoms with van der Waals surface area (Å²) in [6.45, 7) is 10.9. The highest BCUT2D eigenvalue weighted by Crippen LogP contribution is 2.70. The molecule has 0 amide bonds. The first-order chi connectivity index (χ1) is 16.2. The van der Waals surface area contributed by atoms with Crippen molar-refractivity contribution in [2.75, 3.05) is 6.61 Å². The molecule has 7 heteroatoms. The molecular formula is C28H38O7. The van der Waals surface area contributed by atoms with Gasteiger partial charge < -0.3 is 19.3 Å². The number of hydrogen-bond acceptors (Lipinski definition) is 7. The summed E-state index contributed by atoms with van der Waals surface area (Å²) >= 11 is 0. The average molecular weight is 487 g/mol. The molecule has 0 aromatic heterocycles. The smallest absolute Gasteiger partial charge is 0.308 e. The maximum Gasteiger partial charge on any atom is 0.308 e. The van der Waals surface area contributed by atoms with Crippen LogP contribution in [0.3, 0.4) is 0 Å². The van der Waals surface area contributed by atoms with E-state index in [0.29, 0.717) is 12.8 Å². The van der Waals surface area contributed by atoms with Crippen LogP contribution in [0.15, 0.2) is 23.8 Å². The summed E-state index contributed by atoms with van der Waals surface area (Å²) < 4.78 is 18.2. The summed E-state index contributed by atoms with van der Waals surface area (Å²) in [5.41, 5.74) is -1.27. The van der Waals surface area contributed by atoms with E-state index in [2.05, 4.69) is 13.8 Å². The van der Waals surface area contributed by atoms with E-state index in [1.54, 1.807) is 26.0 Å². The summed E-state index contributed by atoms with van der Waals surface area (Å²) in [4.78, 5) is 38.1. The second kappa shape index (κ2) is 7.83. The van der Waals surface area contributed by atoms with Gasteiger partial charge in [-0.1, -0.05) is 39.3 Å². The highest BCUT2D eigenvalue weighted by molar-refractivity contribution is 6.01. The predicted molar refractivity (Wildman–Crippen MR) is 127 cm³/mol. The molecule has 3 saturated carbocycles. The van der Waals surface area contributed by atoms with E-state index in [0.717, 1.165) is 18.4 Å². The molecule has 1 aliphatic heterocycles. The number of rotatable bonds is 4. The molecule has 0 aromatic carbocycles. The van der Waals surface area contributed by atoms with Crippen LogP contribution in [0, 0.1) is 34.5 Å². The number of aliphatic hydroxyl groups is 1. The average Bonchev–Trinajstić information content (AvgIpc) is 3.17. The maximum absolute atomic E-state index is 13.9. The SMILES string of the molecule is CC(C)C(=O)OCC(=O)[C@@]12OC(C)(C)O[C@@H]1C[C@H]1[C@@H]3CCC4=CC(=O)C=C[C@]4(C)C3[C@@H](O)C[C@@]12C. The Morgan fingerprint density at radius 3 is 2.63 bits per heavy atom. The number of ether oxygens (including phenoxy) is 3. The van der Waals surface area contributed by atoms with Gasteiger partial charge in [-0.05, 0) is 63.5 Å². The minimum Gasteiger partial charge on any atom is -0.457 e. The van der Waals surface area contributed by atoms with E-state index in [9.17, 15) is 19.5 Å². The Morgan fingerprint density at radius 2 is 1.94 bits per heavy atom. The molecule has 4 fully saturated rings. The molecule has 5 aliphatic rings. The lowest BCUT2D eigenvalue weighted by Crippen LogP contribution is -2.64. The van der Waals surface area contributed by atoms with Gasteiger partial charge >= 0.3 is 5.97 Å². The van der Waals surface area contributed by atoms with Crippen molar-refractivity contribution in [3.63, 3.8) is 0 Å². The maximum atomic E-state index is 13.9. The van der Waals surface area contributed by atoms with Gasteiger partial charge in [-0.2, -0.15) is 0 Å². The number of ketones is 2. The Bertz CT molecular complexity index is 1020. The normalized spacial score (nSPS) is 45.3. The third-order valence-corrected chi connectivity index (χ3v) is 9.72. The van der Waals surface area contributed by atoms with Crippen LogP contribution >= 0.6 is 0 Å². The second-order valence-electron chi connectivity index (χ2n) is 12.5. The number of aliphatic hydroxyl groups excluding tert-OH is 1. The van der Waals surface area contributed by atoms with Gasteiger partial charge in [0.05, 0.1) is 18.1 Å². The number of carbonyl (C=O) groups is 3. The third-order valence-electron chi connectivity index (χ3n) is 9.72. The topological polar surface area (TPSA) is 99.1 Å². The lowest BCUT2D eigenvalue weighted by atomic mass is 9.46. The van der Waals surface area contributed by atoms with Crippen LogP contribution in [-0.2, 0) is 28.6 Å². The van der Waals surface area contributed by atoms with Crippen LogP contribution in [0.4, 0.5) is 0 Å². The molecule has 192 valence electrons. The van der Waals surface area contributed by atoms with Crippen LogP contribution < -0.4 is 0 Å². The highest BCUT2D eigenvalue weighted by atomic mass is 16.8. The summed E-state index contributed by atoms with van der Waals surface area (Å²) in [5.74, 6) is -1.82. The van der Waals surface area contributed by atoms with Crippen molar-refractivity contribution in [2.45, 2.75) is 90.8 Å². The minimum atomic E-state index is -1.29. The zero-order valence-corrected chi connectivity index (χ0v) is 21.6. The van der Waals surface area contributed by atoms with Gasteiger partial charge in [0.25, 0.3) is 0 Å². The summed E-state index contributed by atoms with van der Waals surface area (Å²) in [7, 11) is 0. The van der Waals surface area contributed by atoms with Crippen LogP contribution in [-0.4, -0.2) is 52.8 Å². The number of fused-ring (bicyclic) bond motifs is 7. The number of hydrogen-bond donors (Lipinski definition) is 1. The van der Waals surface area contributed by atoms with Crippen molar-refractivity contribution in [1.82, 2.24) is 0 Å². The monoisotopic (exact) mass is 486 g/mol. The van der Waals surface area contributed by atoms with E-state index in [4.69, 9.17) is 14.2 Å². The van der Waals surface area contributed by atoms with E-state index in [1.165, 1.54) is 0 Å². The fraction of sp³-hybridized carbons (Fsp3) is 0.750. The molecule has 0 aromatic rings. The van der Waals surface area contributed by atoms with Gasteiger partial charge in [0.2, 0.25) is 5.78 Å². The standard InChI is InChI=1S/C28H38O7/c1-15(2)24(32)33-14-21(31)28-22(34-25(3,4)35-28)12-19-18-8-7-16-11-17(29)9-10-26(16,5)23(18)20(30)13-27(19,28)6/h9-11,15,18-20,22-23,30H,7-8,12-14H2,1-6H3/t18-,19-,20-,22+,23?,26-,27-,28+/m0/s1. The van der Waals surface area contributed by atoms with Crippen LogP contribution in [0.2, 0.25) is 0 Å². The van der Waals surface area contributed by atoms with Crippen LogP contribution in [0.5, 0.6) is 0 Å². The van der Waals surface area contributed by atoms with Crippen LogP contribution in [0.25, 0.3) is 0 Å². The fourth-order valence-electron chi connectivity index (χ4n) is 8.33. The van der Waals surface area contributed by atoms with Crippen molar-refractivity contribution >= 4 is 17.5 Å². The van der Waals surface area contributed by atoms with Crippen molar-refractivity contribution in [1.29, 1.82) is 0 Å². The lowest BCUT2D eigenvalue weighted by molar-refractivity contribution is -0.226. The summed E-state index contributed by atoms with van der Waals surface area (Å²) in [6.07, 6.45) is 6.84. The highest BCUT2D eigenvalue weighted by Gasteiger charge is 2.76. The zero-order valence-electron chi connectivity index (χ0n) is 21.6. The lowest BCUT2D eigenvalue weighted by Gasteiger charge is -2.59. The van der Waals surface area contributed by atoms with Gasteiger partial charge in [-0.3, -0.25) is 14.4 Å². The number of carbonyl (C=O) groups excluding carboxylic acids is 3. The van der Waals surface area contributed by atoms with Crippen LogP contribution in [0.1, 0.15) is 67.2 Å². The van der Waals surface area contributed by atoms with E-state index < -0.39 is 35.0 Å². The molecule has 8 atom stereocenters. The number of esters is 1. The van der Waals surface area contributed by atoms with Crippen molar-refractivity contribution in [2.24, 2.45) is 34.5 Å². The zero-order chi connectivity index (χ0) is 25.6. The second-order valence-corrected chi connectivity index (χ2v) is 12.5.